The van der Waals surface area contributed by atoms with E-state index in [1.165, 1.54) is 18.4 Å². The zero-order valence-corrected chi connectivity index (χ0v) is 11.7. The highest BCUT2D eigenvalue weighted by atomic mass is 35.5. The van der Waals surface area contributed by atoms with Crippen molar-refractivity contribution in [1.82, 2.24) is 5.32 Å². The first-order valence-electron chi connectivity index (χ1n) is 6.82. The van der Waals surface area contributed by atoms with E-state index < -0.39 is 0 Å². The Bertz CT molecular complexity index is 377. The summed E-state index contributed by atoms with van der Waals surface area (Å²) >= 11 is 6.21. The Morgan fingerprint density at radius 3 is 2.78 bits per heavy atom. The van der Waals surface area contributed by atoms with E-state index in [-0.39, 0.29) is 0 Å². The van der Waals surface area contributed by atoms with Crippen molar-refractivity contribution in [3.05, 3.63) is 34.9 Å². The van der Waals surface area contributed by atoms with Crippen LogP contribution in [-0.4, -0.2) is 23.8 Å². The molecule has 1 aromatic carbocycles. The van der Waals surface area contributed by atoms with Crippen LogP contribution in [0.4, 0.5) is 0 Å². The van der Waals surface area contributed by atoms with Crippen LogP contribution < -0.4 is 5.32 Å². The normalized spacial score (nSPS) is 24.6. The fraction of sp³-hybridized carbons (Fsp3) is 0.600. The standard InChI is InChI=1S/C15H22ClNO/c1-11(5-4-8-18)17-13-9-12(10-13)14-6-2-3-7-15(14)16/h2-3,6-7,11-13,17-18H,4-5,8-10H2,1H3. The molecule has 1 aliphatic rings. The van der Waals surface area contributed by atoms with Gasteiger partial charge in [0, 0.05) is 23.7 Å². The van der Waals surface area contributed by atoms with Gasteiger partial charge < -0.3 is 10.4 Å². The summed E-state index contributed by atoms with van der Waals surface area (Å²) < 4.78 is 0. The molecule has 1 fully saturated rings. The third kappa shape index (κ3) is 3.47. The van der Waals surface area contributed by atoms with Gasteiger partial charge in [0.25, 0.3) is 0 Å². The van der Waals surface area contributed by atoms with Crippen molar-refractivity contribution in [2.75, 3.05) is 6.61 Å². The molecule has 0 heterocycles. The van der Waals surface area contributed by atoms with E-state index in [1.54, 1.807) is 0 Å². The summed E-state index contributed by atoms with van der Waals surface area (Å²) in [6.07, 6.45) is 4.28. The van der Waals surface area contributed by atoms with E-state index in [0.29, 0.717) is 24.6 Å². The van der Waals surface area contributed by atoms with Gasteiger partial charge in [-0.2, -0.15) is 0 Å². The average Bonchev–Trinajstić information content (AvgIpc) is 2.32. The molecule has 1 saturated carbocycles. The molecule has 18 heavy (non-hydrogen) atoms. The van der Waals surface area contributed by atoms with Crippen molar-refractivity contribution in [1.29, 1.82) is 0 Å². The number of hydrogen-bond donors (Lipinski definition) is 2. The van der Waals surface area contributed by atoms with Gasteiger partial charge in [-0.1, -0.05) is 29.8 Å². The molecule has 0 spiro atoms. The summed E-state index contributed by atoms with van der Waals surface area (Å²) in [7, 11) is 0. The lowest BCUT2D eigenvalue weighted by Gasteiger charge is -2.38. The topological polar surface area (TPSA) is 32.3 Å². The lowest BCUT2D eigenvalue weighted by molar-refractivity contribution is 0.244. The first-order chi connectivity index (χ1) is 8.70. The number of aliphatic hydroxyl groups is 1. The van der Waals surface area contributed by atoms with Crippen molar-refractivity contribution in [2.45, 2.75) is 50.6 Å². The van der Waals surface area contributed by atoms with Gasteiger partial charge in [0.15, 0.2) is 0 Å². The molecule has 2 rings (SSSR count). The summed E-state index contributed by atoms with van der Waals surface area (Å²) in [6, 6.07) is 9.26. The quantitative estimate of drug-likeness (QED) is 0.829. The molecule has 2 nitrogen and oxygen atoms in total. The SMILES string of the molecule is CC(CCCO)NC1CC(c2ccccc2Cl)C1. The Hall–Kier alpha value is -0.570. The van der Waals surface area contributed by atoms with Crippen molar-refractivity contribution in [3.8, 4) is 0 Å². The van der Waals surface area contributed by atoms with Gasteiger partial charge in [0.1, 0.15) is 0 Å². The highest BCUT2D eigenvalue weighted by Gasteiger charge is 2.31. The zero-order valence-electron chi connectivity index (χ0n) is 10.9. The number of rotatable bonds is 6. The van der Waals surface area contributed by atoms with E-state index in [1.807, 2.05) is 12.1 Å². The predicted octanol–water partition coefficient (Wildman–Crippen LogP) is 3.34. The van der Waals surface area contributed by atoms with Gasteiger partial charge in [-0.05, 0) is 50.2 Å². The largest absolute Gasteiger partial charge is 0.396 e. The van der Waals surface area contributed by atoms with E-state index in [9.17, 15) is 0 Å². The number of hydrogen-bond acceptors (Lipinski definition) is 2. The molecule has 3 heteroatoms. The molecule has 0 saturated heterocycles. The number of halogens is 1. The summed E-state index contributed by atoms with van der Waals surface area (Å²) in [5, 5.41) is 13.3. The first-order valence-corrected chi connectivity index (χ1v) is 7.20. The summed E-state index contributed by atoms with van der Waals surface area (Å²) in [5.41, 5.74) is 1.29. The van der Waals surface area contributed by atoms with Gasteiger partial charge in [0.05, 0.1) is 0 Å². The number of benzene rings is 1. The van der Waals surface area contributed by atoms with Crippen LogP contribution in [0.15, 0.2) is 24.3 Å². The lowest BCUT2D eigenvalue weighted by Crippen LogP contribution is -2.44. The Balaban J connectivity index is 1.75. The van der Waals surface area contributed by atoms with Crippen molar-refractivity contribution < 1.29 is 5.11 Å². The van der Waals surface area contributed by atoms with Crippen LogP contribution in [0.2, 0.25) is 5.02 Å². The Morgan fingerprint density at radius 2 is 2.11 bits per heavy atom. The van der Waals surface area contributed by atoms with Crippen molar-refractivity contribution in [3.63, 3.8) is 0 Å². The second kappa shape index (κ2) is 6.55. The Labute approximate surface area is 114 Å². The maximum atomic E-state index is 8.80. The second-order valence-corrected chi connectivity index (χ2v) is 5.73. The Morgan fingerprint density at radius 1 is 1.39 bits per heavy atom. The molecule has 0 amide bonds. The minimum atomic E-state index is 0.291. The molecule has 2 N–H and O–H groups in total. The molecular formula is C15H22ClNO. The molecule has 100 valence electrons. The highest BCUT2D eigenvalue weighted by molar-refractivity contribution is 6.31. The molecule has 0 radical (unpaired) electrons. The summed E-state index contributed by atoms with van der Waals surface area (Å²) in [4.78, 5) is 0. The monoisotopic (exact) mass is 267 g/mol. The molecule has 1 aromatic rings. The van der Waals surface area contributed by atoms with Crippen LogP contribution in [0.5, 0.6) is 0 Å². The first kappa shape index (κ1) is 13.9. The van der Waals surface area contributed by atoms with Crippen LogP contribution in [0, 0.1) is 0 Å². The van der Waals surface area contributed by atoms with Gasteiger partial charge in [-0.25, -0.2) is 0 Å². The van der Waals surface area contributed by atoms with Crippen molar-refractivity contribution in [2.24, 2.45) is 0 Å². The fourth-order valence-electron chi connectivity index (χ4n) is 2.70. The van der Waals surface area contributed by atoms with Gasteiger partial charge in [-0.3, -0.25) is 0 Å². The average molecular weight is 268 g/mol. The molecular weight excluding hydrogens is 246 g/mol. The van der Waals surface area contributed by atoms with Gasteiger partial charge in [0.2, 0.25) is 0 Å². The number of aliphatic hydroxyl groups excluding tert-OH is 1. The Kier molecular flexibility index (Phi) is 5.04. The lowest BCUT2D eigenvalue weighted by atomic mass is 9.75. The number of nitrogens with one attached hydrogen (secondary N) is 1. The van der Waals surface area contributed by atoms with Crippen LogP contribution in [0.3, 0.4) is 0 Å². The van der Waals surface area contributed by atoms with Crippen LogP contribution in [-0.2, 0) is 0 Å². The van der Waals surface area contributed by atoms with Crippen LogP contribution in [0.1, 0.15) is 44.1 Å². The summed E-state index contributed by atoms with van der Waals surface area (Å²) in [5.74, 6) is 0.612. The predicted molar refractivity (Wildman–Crippen MR) is 76.1 cm³/mol. The van der Waals surface area contributed by atoms with Crippen LogP contribution >= 0.6 is 11.6 Å². The molecule has 0 aliphatic heterocycles. The smallest absolute Gasteiger partial charge is 0.0440 e. The van der Waals surface area contributed by atoms with Crippen molar-refractivity contribution >= 4 is 11.6 Å². The molecule has 1 unspecified atom stereocenters. The third-order valence-corrected chi connectivity index (χ3v) is 4.14. The van der Waals surface area contributed by atoms with Crippen LogP contribution in [0.25, 0.3) is 0 Å². The van der Waals surface area contributed by atoms with Gasteiger partial charge >= 0.3 is 0 Å². The van der Waals surface area contributed by atoms with E-state index in [2.05, 4.69) is 24.4 Å². The zero-order chi connectivity index (χ0) is 13.0. The molecule has 0 bridgehead atoms. The maximum Gasteiger partial charge on any atom is 0.0440 e. The fourth-order valence-corrected chi connectivity index (χ4v) is 2.99. The van der Waals surface area contributed by atoms with E-state index in [0.717, 1.165) is 17.9 Å². The minimum absolute atomic E-state index is 0.291. The minimum Gasteiger partial charge on any atom is -0.396 e. The van der Waals surface area contributed by atoms with E-state index >= 15 is 0 Å². The summed E-state index contributed by atoms with van der Waals surface area (Å²) in [6.45, 7) is 2.48. The third-order valence-electron chi connectivity index (χ3n) is 3.80. The molecule has 1 atom stereocenters. The highest BCUT2D eigenvalue weighted by Crippen LogP contribution is 2.40. The van der Waals surface area contributed by atoms with Gasteiger partial charge in [-0.15, -0.1) is 0 Å². The molecule has 0 aromatic heterocycles. The second-order valence-electron chi connectivity index (χ2n) is 5.32. The maximum absolute atomic E-state index is 8.80. The molecule has 1 aliphatic carbocycles. The van der Waals surface area contributed by atoms with E-state index in [4.69, 9.17) is 16.7 Å².